The van der Waals surface area contributed by atoms with Crippen LogP contribution < -0.4 is 20.3 Å². The van der Waals surface area contributed by atoms with Crippen LogP contribution in [0.15, 0.2) is 72.9 Å². The first-order valence-electron chi connectivity index (χ1n) is 20.9. The van der Waals surface area contributed by atoms with Gasteiger partial charge in [-0.25, -0.2) is 9.48 Å². The van der Waals surface area contributed by atoms with Gasteiger partial charge >= 0.3 is 6.03 Å². The zero-order valence-electron chi connectivity index (χ0n) is 35.5. The number of urea groups is 1. The Balaban J connectivity index is 1.06. The minimum atomic E-state index is -2.00. The number of aryl methyl sites for hydroxylation is 1. The van der Waals surface area contributed by atoms with Gasteiger partial charge in [0.1, 0.15) is 17.7 Å². The van der Waals surface area contributed by atoms with E-state index < -0.39 is 8.32 Å². The Kier molecular flexibility index (Phi) is 11.6. The van der Waals surface area contributed by atoms with Gasteiger partial charge in [-0.1, -0.05) is 104 Å². The number of hydrogen-bond donors (Lipinski definition) is 2. The van der Waals surface area contributed by atoms with Crippen molar-refractivity contribution in [2.75, 3.05) is 23.4 Å². The maximum Gasteiger partial charge on any atom is 0.320 e. The van der Waals surface area contributed by atoms with Gasteiger partial charge < -0.3 is 19.4 Å². The Morgan fingerprint density at radius 1 is 0.895 bits per heavy atom. The Labute approximate surface area is 339 Å². The van der Waals surface area contributed by atoms with E-state index in [0.29, 0.717) is 29.0 Å². The molecule has 1 unspecified atom stereocenters. The molecule has 1 fully saturated rings. The number of ether oxygens (including phenoxy) is 1. The smallest absolute Gasteiger partial charge is 0.320 e. The van der Waals surface area contributed by atoms with Crippen molar-refractivity contribution in [2.24, 2.45) is 0 Å². The lowest BCUT2D eigenvalue weighted by atomic mass is 9.85. The second kappa shape index (κ2) is 16.3. The number of nitrogens with one attached hydrogen (secondary N) is 2. The highest BCUT2D eigenvalue weighted by molar-refractivity contribution is 6.77. The number of aromatic nitrogens is 5. The van der Waals surface area contributed by atoms with Crippen molar-refractivity contribution in [2.45, 2.75) is 135 Å². The van der Waals surface area contributed by atoms with Crippen LogP contribution in [0.3, 0.4) is 0 Å². The molecular weight excluding hydrogens is 729 g/mol. The summed E-state index contributed by atoms with van der Waals surface area (Å²) >= 11 is 0. The van der Waals surface area contributed by atoms with E-state index >= 15 is 0 Å². The van der Waals surface area contributed by atoms with E-state index in [1.807, 2.05) is 53.3 Å². The summed E-state index contributed by atoms with van der Waals surface area (Å²) in [5.74, 6) is 2.22. The molecule has 0 bridgehead atoms. The lowest BCUT2D eigenvalue weighted by molar-refractivity contribution is 0.171. The first-order chi connectivity index (χ1) is 27.1. The summed E-state index contributed by atoms with van der Waals surface area (Å²) in [4.78, 5) is 16.1. The van der Waals surface area contributed by atoms with Crippen molar-refractivity contribution in [1.82, 2.24) is 29.7 Å². The van der Waals surface area contributed by atoms with Crippen LogP contribution >= 0.6 is 0 Å². The summed E-state index contributed by atoms with van der Waals surface area (Å²) in [5, 5.41) is 20.5. The number of carbonyl (C=O) groups excluding carboxylic acids is 1. The molecule has 3 atom stereocenters. The molecule has 1 aliphatic heterocycles. The van der Waals surface area contributed by atoms with E-state index in [9.17, 15) is 4.79 Å². The molecule has 5 aromatic rings. The van der Waals surface area contributed by atoms with E-state index in [-0.39, 0.29) is 29.6 Å². The van der Waals surface area contributed by atoms with Crippen LogP contribution in [0.1, 0.15) is 123 Å². The lowest BCUT2D eigenvalue weighted by Gasteiger charge is -2.43. The summed E-state index contributed by atoms with van der Waals surface area (Å²) in [6.45, 7) is 24.1. The highest BCUT2D eigenvalue weighted by Crippen LogP contribution is 2.43. The summed E-state index contributed by atoms with van der Waals surface area (Å²) in [7, 11) is -2.00. The van der Waals surface area contributed by atoms with Crippen LogP contribution in [-0.4, -0.2) is 57.9 Å². The fourth-order valence-electron chi connectivity index (χ4n) is 9.35. The number of amides is 2. The Hall–Kier alpha value is -4.68. The predicted molar refractivity (Wildman–Crippen MR) is 231 cm³/mol. The molecule has 2 N–H and O–H groups in total. The molecule has 0 radical (unpaired) electrons. The van der Waals surface area contributed by atoms with Crippen LogP contribution in [0.25, 0.3) is 11.3 Å². The topological polar surface area (TPSA) is 111 Å². The van der Waals surface area contributed by atoms with Crippen molar-refractivity contribution in [3.63, 3.8) is 0 Å². The standard InChI is InChI=1S/C45H62N8O3Si/c1-29(2)57(30(3)4,31(5)6)55-28-34-14-13-25-51(34)44-49-48-41-24-21-35(27-52(41)44)56-39-23-22-38(36-15-11-12-16-37(36)39)46-43(54)47-42-26-40(45(8,9)10)50-53(42)33-19-17-32(7)18-20-33/h11-12,15-21,24,26-27,29-31,34,38-39H,13-14,22-23,25,28H2,1-10H3,(H2,46,47,54)/t34?,38-,39+/m0/s1. The molecule has 0 saturated carbocycles. The van der Waals surface area contributed by atoms with Gasteiger partial charge in [0.05, 0.1) is 36.3 Å². The van der Waals surface area contributed by atoms with Crippen LogP contribution in [0.2, 0.25) is 16.6 Å². The summed E-state index contributed by atoms with van der Waals surface area (Å²) in [5.41, 5.74) is 7.30. The van der Waals surface area contributed by atoms with Crippen molar-refractivity contribution >= 4 is 31.8 Å². The summed E-state index contributed by atoms with van der Waals surface area (Å²) < 4.78 is 17.7. The van der Waals surface area contributed by atoms with Crippen molar-refractivity contribution in [3.05, 3.63) is 95.3 Å². The third-order valence-corrected chi connectivity index (χ3v) is 18.3. The van der Waals surface area contributed by atoms with Gasteiger partial charge in [-0.15, -0.1) is 10.2 Å². The largest absolute Gasteiger partial charge is 0.484 e. The van der Waals surface area contributed by atoms with Crippen LogP contribution in [0.4, 0.5) is 16.6 Å². The van der Waals surface area contributed by atoms with Crippen molar-refractivity contribution < 1.29 is 14.0 Å². The molecule has 12 heteroatoms. The van der Waals surface area contributed by atoms with Gasteiger partial charge in [-0.2, -0.15) is 5.10 Å². The van der Waals surface area contributed by atoms with E-state index in [2.05, 4.69) is 119 Å². The zero-order chi connectivity index (χ0) is 40.6. The van der Waals surface area contributed by atoms with Crippen molar-refractivity contribution in [1.29, 1.82) is 0 Å². The van der Waals surface area contributed by atoms with E-state index in [1.165, 1.54) is 0 Å². The molecule has 3 aromatic heterocycles. The number of hydrogen-bond acceptors (Lipinski definition) is 7. The fraction of sp³-hybridized carbons (Fsp3) is 0.511. The number of pyridine rings is 1. The van der Waals surface area contributed by atoms with E-state index in [1.54, 1.807) is 0 Å². The van der Waals surface area contributed by atoms with Gasteiger partial charge in [0.2, 0.25) is 5.95 Å². The number of benzene rings is 2. The molecule has 0 spiro atoms. The Morgan fingerprint density at radius 3 is 2.28 bits per heavy atom. The number of nitrogens with zero attached hydrogens (tertiary/aromatic N) is 6. The summed E-state index contributed by atoms with van der Waals surface area (Å²) in [6.07, 6.45) is 5.49. The first kappa shape index (κ1) is 40.5. The van der Waals surface area contributed by atoms with Crippen LogP contribution in [0.5, 0.6) is 5.75 Å². The molecule has 11 nitrogen and oxygen atoms in total. The van der Waals surface area contributed by atoms with Gasteiger partial charge in [0.25, 0.3) is 0 Å². The quantitative estimate of drug-likeness (QED) is 0.121. The number of anilines is 2. The third kappa shape index (κ3) is 8.21. The summed E-state index contributed by atoms with van der Waals surface area (Å²) in [6, 6.07) is 22.2. The Bertz CT molecular complexity index is 2150. The minimum Gasteiger partial charge on any atom is -0.484 e. The van der Waals surface area contributed by atoms with Crippen LogP contribution in [-0.2, 0) is 9.84 Å². The number of carbonyl (C=O) groups is 1. The third-order valence-electron chi connectivity index (χ3n) is 12.2. The molecule has 1 aliphatic carbocycles. The molecule has 2 aliphatic rings. The van der Waals surface area contributed by atoms with Gasteiger partial charge in [-0.3, -0.25) is 9.72 Å². The molecule has 57 heavy (non-hydrogen) atoms. The average molecular weight is 791 g/mol. The average Bonchev–Trinajstić information content (AvgIpc) is 3.91. The molecule has 4 heterocycles. The molecule has 2 aromatic carbocycles. The second-order valence-electron chi connectivity index (χ2n) is 18.1. The van der Waals surface area contributed by atoms with Gasteiger partial charge in [0.15, 0.2) is 14.0 Å². The zero-order valence-corrected chi connectivity index (χ0v) is 36.5. The first-order valence-corrected chi connectivity index (χ1v) is 23.1. The second-order valence-corrected chi connectivity index (χ2v) is 23.5. The molecule has 304 valence electrons. The molecule has 7 rings (SSSR count). The maximum absolute atomic E-state index is 13.7. The fourth-order valence-corrected chi connectivity index (χ4v) is 14.8. The van der Waals surface area contributed by atoms with E-state index in [4.69, 9.17) is 19.4 Å². The number of rotatable bonds is 12. The van der Waals surface area contributed by atoms with E-state index in [0.717, 1.165) is 77.6 Å². The predicted octanol–water partition coefficient (Wildman–Crippen LogP) is 10.5. The highest BCUT2D eigenvalue weighted by Gasteiger charge is 2.46. The van der Waals surface area contributed by atoms with Gasteiger partial charge in [0, 0.05) is 18.0 Å². The Morgan fingerprint density at radius 2 is 1.60 bits per heavy atom. The molecule has 2 amide bonds. The normalized spacial score (nSPS) is 18.8. The molecule has 1 saturated heterocycles. The SMILES string of the molecule is Cc1ccc(-n2nc(C(C)(C)C)cc2NC(=O)N[C@H]2CC[C@@H](Oc3ccc4nnc(N5CCCC5CO[Si](C(C)C)(C(C)C)C(C)C)n4c3)c3ccccc32)cc1. The monoisotopic (exact) mass is 790 g/mol. The highest BCUT2D eigenvalue weighted by atomic mass is 28.4. The minimum absolute atomic E-state index is 0.175. The van der Waals surface area contributed by atoms with Crippen LogP contribution in [0, 0.1) is 6.92 Å². The van der Waals surface area contributed by atoms with Gasteiger partial charge in [-0.05, 0) is 84.6 Å². The molecular formula is C45H62N8O3Si. The van der Waals surface area contributed by atoms with Crippen molar-refractivity contribution in [3.8, 4) is 11.4 Å². The maximum atomic E-state index is 13.7. The number of fused-ring (bicyclic) bond motifs is 2. The lowest BCUT2D eigenvalue weighted by Crippen LogP contribution is -2.50.